The molecular weight excluding hydrogens is 262 g/mol. The van der Waals surface area contributed by atoms with Crippen LogP contribution in [0.5, 0.6) is 0 Å². The number of hydrogen-bond donors (Lipinski definition) is 1. The summed E-state index contributed by atoms with van der Waals surface area (Å²) in [6, 6.07) is 0.268. The molecule has 118 valence electrons. The van der Waals surface area contributed by atoms with Gasteiger partial charge in [0.2, 0.25) is 0 Å². The van der Waals surface area contributed by atoms with Gasteiger partial charge in [-0.25, -0.2) is 9.97 Å². The predicted octanol–water partition coefficient (Wildman–Crippen LogP) is 2.26. The molecule has 1 N–H and O–H groups in total. The Kier molecular flexibility index (Phi) is 5.17. The number of rotatable bonds is 3. The minimum Gasteiger partial charge on any atom is -0.373 e. The van der Waals surface area contributed by atoms with Gasteiger partial charge in [-0.3, -0.25) is 4.90 Å². The second kappa shape index (κ2) is 6.71. The maximum absolute atomic E-state index is 4.83. The van der Waals surface area contributed by atoms with Crippen LogP contribution >= 0.6 is 0 Å². The number of nitrogens with zero attached hydrogens (tertiary/aromatic N) is 4. The fourth-order valence-electron chi connectivity index (χ4n) is 3.18. The van der Waals surface area contributed by atoms with Crippen molar-refractivity contribution in [3.8, 4) is 0 Å². The molecule has 1 aromatic rings. The van der Waals surface area contributed by atoms with Crippen LogP contribution in [0.2, 0.25) is 0 Å². The predicted molar refractivity (Wildman–Crippen MR) is 87.9 cm³/mol. The van der Waals surface area contributed by atoms with Crippen LogP contribution < -0.4 is 5.32 Å². The van der Waals surface area contributed by atoms with Gasteiger partial charge in [-0.1, -0.05) is 13.8 Å². The molecule has 0 saturated carbocycles. The highest BCUT2D eigenvalue weighted by molar-refractivity contribution is 5.48. The zero-order chi connectivity index (χ0) is 15.6. The number of aryl methyl sites for hydroxylation is 1. The van der Waals surface area contributed by atoms with Gasteiger partial charge in [-0.15, -0.1) is 0 Å². The minimum absolute atomic E-state index is 0.268. The van der Waals surface area contributed by atoms with Gasteiger partial charge in [0.25, 0.3) is 0 Å². The summed E-state index contributed by atoms with van der Waals surface area (Å²) >= 11 is 0. The normalized spacial score (nSPS) is 21.6. The summed E-state index contributed by atoms with van der Waals surface area (Å²) in [5, 5.41) is 3.26. The highest BCUT2D eigenvalue weighted by Gasteiger charge is 2.26. The van der Waals surface area contributed by atoms with E-state index in [4.69, 9.17) is 9.97 Å². The van der Waals surface area contributed by atoms with Gasteiger partial charge >= 0.3 is 0 Å². The fraction of sp³-hybridized carbons (Fsp3) is 0.750. The van der Waals surface area contributed by atoms with Gasteiger partial charge in [0.05, 0.1) is 6.04 Å². The lowest BCUT2D eigenvalue weighted by Gasteiger charge is -2.27. The van der Waals surface area contributed by atoms with E-state index in [9.17, 15) is 0 Å². The van der Waals surface area contributed by atoms with Crippen molar-refractivity contribution in [1.82, 2.24) is 19.8 Å². The molecule has 0 spiro atoms. The maximum Gasteiger partial charge on any atom is 0.149 e. The summed E-state index contributed by atoms with van der Waals surface area (Å²) in [6.07, 6.45) is 1.20. The second-order valence-electron chi connectivity index (χ2n) is 6.45. The average molecular weight is 291 g/mol. The molecule has 0 aliphatic carbocycles. The van der Waals surface area contributed by atoms with E-state index < -0.39 is 0 Å². The molecule has 2 heterocycles. The van der Waals surface area contributed by atoms with Gasteiger partial charge < -0.3 is 10.2 Å². The average Bonchev–Trinajstić information content (AvgIpc) is 2.58. The lowest BCUT2D eigenvalue weighted by atomic mass is 10.0. The van der Waals surface area contributed by atoms with Crippen LogP contribution in [-0.4, -0.2) is 60.5 Å². The SMILES string of the molecule is CNc1nc(C2CN(C)CCCN2C)nc(C)c1C(C)C. The standard InChI is InChI=1S/C16H29N5/c1-11(2)14-12(3)18-15(19-16(14)17-4)13-10-20(5)8-7-9-21(13)6/h11,13H,7-10H2,1-6H3,(H,17,18,19). The van der Waals surface area contributed by atoms with E-state index >= 15 is 0 Å². The van der Waals surface area contributed by atoms with E-state index in [0.717, 1.165) is 37.0 Å². The van der Waals surface area contributed by atoms with Crippen molar-refractivity contribution >= 4 is 5.82 Å². The van der Waals surface area contributed by atoms with E-state index in [1.807, 2.05) is 7.05 Å². The number of nitrogens with one attached hydrogen (secondary N) is 1. The van der Waals surface area contributed by atoms with Crippen LogP contribution in [0.25, 0.3) is 0 Å². The van der Waals surface area contributed by atoms with Crippen LogP contribution in [0, 0.1) is 6.92 Å². The highest BCUT2D eigenvalue weighted by Crippen LogP contribution is 2.28. The molecule has 1 saturated heterocycles. The zero-order valence-corrected chi connectivity index (χ0v) is 14.3. The Hall–Kier alpha value is -1.20. The number of anilines is 1. The van der Waals surface area contributed by atoms with Gasteiger partial charge in [-0.05, 0) is 46.4 Å². The Morgan fingerprint density at radius 1 is 1.19 bits per heavy atom. The first-order chi connectivity index (χ1) is 9.93. The third-order valence-corrected chi connectivity index (χ3v) is 4.33. The third kappa shape index (κ3) is 3.52. The van der Waals surface area contributed by atoms with Crippen molar-refractivity contribution in [2.75, 3.05) is 46.1 Å². The lowest BCUT2D eigenvalue weighted by Crippen LogP contribution is -2.32. The number of hydrogen-bond acceptors (Lipinski definition) is 5. The maximum atomic E-state index is 4.83. The molecule has 0 amide bonds. The van der Waals surface area contributed by atoms with Crippen LogP contribution in [0.1, 0.15) is 49.3 Å². The number of aromatic nitrogens is 2. The van der Waals surface area contributed by atoms with Crippen LogP contribution in [-0.2, 0) is 0 Å². The summed E-state index contributed by atoms with van der Waals surface area (Å²) in [4.78, 5) is 14.4. The summed E-state index contributed by atoms with van der Waals surface area (Å²) in [5.74, 6) is 2.35. The van der Waals surface area contributed by atoms with Crippen molar-refractivity contribution in [1.29, 1.82) is 0 Å². The van der Waals surface area contributed by atoms with E-state index in [1.54, 1.807) is 0 Å². The van der Waals surface area contributed by atoms with Crippen molar-refractivity contribution in [2.45, 2.75) is 39.2 Å². The van der Waals surface area contributed by atoms with Crippen molar-refractivity contribution < 1.29 is 0 Å². The minimum atomic E-state index is 0.268. The zero-order valence-electron chi connectivity index (χ0n) is 14.3. The molecule has 0 aromatic carbocycles. The molecule has 5 heteroatoms. The van der Waals surface area contributed by atoms with Gasteiger partial charge in [0, 0.05) is 24.8 Å². The molecule has 1 aliphatic heterocycles. The Labute approximate surface area is 128 Å². The van der Waals surface area contributed by atoms with Crippen LogP contribution in [0.15, 0.2) is 0 Å². The molecule has 5 nitrogen and oxygen atoms in total. The topological polar surface area (TPSA) is 44.3 Å². The molecule has 1 fully saturated rings. The first-order valence-electron chi connectivity index (χ1n) is 7.89. The smallest absolute Gasteiger partial charge is 0.149 e. The molecule has 0 radical (unpaired) electrons. The molecular formula is C16H29N5. The van der Waals surface area contributed by atoms with Crippen LogP contribution in [0.3, 0.4) is 0 Å². The highest BCUT2D eigenvalue weighted by atomic mass is 15.2. The molecule has 1 aromatic heterocycles. The first-order valence-corrected chi connectivity index (χ1v) is 7.89. The third-order valence-electron chi connectivity index (χ3n) is 4.33. The van der Waals surface area contributed by atoms with E-state index in [1.165, 1.54) is 12.0 Å². The lowest BCUT2D eigenvalue weighted by molar-refractivity contribution is 0.219. The Balaban J connectivity index is 2.41. The van der Waals surface area contributed by atoms with Crippen molar-refractivity contribution in [3.63, 3.8) is 0 Å². The molecule has 2 rings (SSSR count). The summed E-state index contributed by atoms with van der Waals surface area (Å²) in [5.41, 5.74) is 2.32. The van der Waals surface area contributed by atoms with E-state index in [0.29, 0.717) is 5.92 Å². The fourth-order valence-corrected chi connectivity index (χ4v) is 3.18. The molecule has 1 unspecified atom stereocenters. The Morgan fingerprint density at radius 3 is 2.52 bits per heavy atom. The van der Waals surface area contributed by atoms with Gasteiger partial charge in [0.1, 0.15) is 11.6 Å². The second-order valence-corrected chi connectivity index (χ2v) is 6.45. The molecule has 1 aliphatic rings. The van der Waals surface area contributed by atoms with E-state index in [-0.39, 0.29) is 6.04 Å². The van der Waals surface area contributed by atoms with Gasteiger partial charge in [0.15, 0.2) is 0 Å². The quantitative estimate of drug-likeness (QED) is 0.925. The largest absolute Gasteiger partial charge is 0.373 e. The van der Waals surface area contributed by atoms with Crippen molar-refractivity contribution in [2.24, 2.45) is 0 Å². The summed E-state index contributed by atoms with van der Waals surface area (Å²) in [6.45, 7) is 9.71. The first kappa shape index (κ1) is 16.2. The van der Waals surface area contributed by atoms with E-state index in [2.05, 4.69) is 50.0 Å². The summed E-state index contributed by atoms with van der Waals surface area (Å²) in [7, 11) is 6.30. The molecule has 1 atom stereocenters. The Bertz CT molecular complexity index is 486. The van der Waals surface area contributed by atoms with Crippen LogP contribution in [0.4, 0.5) is 5.82 Å². The summed E-state index contributed by atoms with van der Waals surface area (Å²) < 4.78 is 0. The number of likely N-dealkylation sites (N-methyl/N-ethyl adjacent to an activating group) is 2. The molecule has 0 bridgehead atoms. The van der Waals surface area contributed by atoms with Crippen molar-refractivity contribution in [3.05, 3.63) is 17.1 Å². The molecule has 21 heavy (non-hydrogen) atoms. The monoisotopic (exact) mass is 291 g/mol. The van der Waals surface area contributed by atoms with Gasteiger partial charge in [-0.2, -0.15) is 0 Å². The Morgan fingerprint density at radius 2 is 1.90 bits per heavy atom.